The Morgan fingerprint density at radius 1 is 1.41 bits per heavy atom. The van der Waals surface area contributed by atoms with Crippen LogP contribution in [0.4, 0.5) is 4.39 Å². The number of esters is 1. The highest BCUT2D eigenvalue weighted by molar-refractivity contribution is 14.1. The van der Waals surface area contributed by atoms with Crippen LogP contribution in [0.5, 0.6) is 11.5 Å². The molecule has 0 spiro atoms. The first-order valence-electron chi connectivity index (χ1n) is 4.78. The van der Waals surface area contributed by atoms with Crippen molar-refractivity contribution in [1.82, 2.24) is 0 Å². The average molecular weight is 354 g/mol. The molecule has 0 bridgehead atoms. The Morgan fingerprint density at radius 3 is 2.65 bits per heavy atom. The van der Waals surface area contributed by atoms with Gasteiger partial charge in [0.15, 0.2) is 11.5 Å². The molecular formula is C11H12FIO4. The van der Waals surface area contributed by atoms with Crippen LogP contribution >= 0.6 is 22.6 Å². The smallest absolute Gasteiger partial charge is 0.341 e. The molecule has 0 saturated carbocycles. The van der Waals surface area contributed by atoms with Crippen molar-refractivity contribution in [3.8, 4) is 11.5 Å². The molecule has 0 unspecified atom stereocenters. The van der Waals surface area contributed by atoms with E-state index < -0.39 is 12.6 Å². The highest BCUT2D eigenvalue weighted by Gasteiger charge is 2.19. The van der Waals surface area contributed by atoms with E-state index in [1.165, 1.54) is 14.2 Å². The van der Waals surface area contributed by atoms with E-state index in [0.29, 0.717) is 5.75 Å². The van der Waals surface area contributed by atoms with E-state index >= 15 is 0 Å². The molecule has 0 aliphatic rings. The van der Waals surface area contributed by atoms with Crippen molar-refractivity contribution >= 4 is 28.6 Å². The minimum atomic E-state index is -0.643. The molecule has 1 aromatic rings. The summed E-state index contributed by atoms with van der Waals surface area (Å²) in [7, 11) is 2.72. The molecule has 0 aliphatic carbocycles. The number of methoxy groups -OCH3 is 2. The van der Waals surface area contributed by atoms with Gasteiger partial charge in [-0.05, 0) is 34.7 Å². The number of carbonyl (C=O) groups excluding carboxylic acids is 1. The zero-order valence-corrected chi connectivity index (χ0v) is 11.6. The van der Waals surface area contributed by atoms with E-state index in [2.05, 4.69) is 4.74 Å². The highest BCUT2D eigenvalue weighted by Crippen LogP contribution is 2.33. The van der Waals surface area contributed by atoms with Gasteiger partial charge >= 0.3 is 5.97 Å². The molecule has 1 rings (SSSR count). The number of halogens is 2. The highest BCUT2D eigenvalue weighted by atomic mass is 127. The second kappa shape index (κ2) is 6.63. The normalized spacial score (nSPS) is 9.88. The van der Waals surface area contributed by atoms with Crippen molar-refractivity contribution in [2.45, 2.75) is 0 Å². The molecule has 0 fully saturated rings. The van der Waals surface area contributed by atoms with Crippen LogP contribution in [0.2, 0.25) is 0 Å². The number of alkyl halides is 1. The van der Waals surface area contributed by atoms with Crippen molar-refractivity contribution in [3.63, 3.8) is 0 Å². The van der Waals surface area contributed by atoms with E-state index in [0.717, 1.165) is 3.57 Å². The fourth-order valence-electron chi connectivity index (χ4n) is 1.27. The first-order valence-corrected chi connectivity index (χ1v) is 5.86. The molecule has 6 heteroatoms. The molecule has 0 saturated heterocycles. The number of hydrogen-bond acceptors (Lipinski definition) is 4. The van der Waals surface area contributed by atoms with Crippen LogP contribution in [0.1, 0.15) is 10.4 Å². The Morgan fingerprint density at radius 2 is 2.12 bits per heavy atom. The predicted molar refractivity (Wildman–Crippen MR) is 68.5 cm³/mol. The lowest BCUT2D eigenvalue weighted by molar-refractivity contribution is 0.0594. The molecule has 4 nitrogen and oxygen atoms in total. The van der Waals surface area contributed by atoms with Crippen molar-refractivity contribution in [1.29, 1.82) is 0 Å². The quantitative estimate of drug-likeness (QED) is 0.602. The summed E-state index contributed by atoms with van der Waals surface area (Å²) in [6.45, 7) is -0.781. The summed E-state index contributed by atoms with van der Waals surface area (Å²) in [6, 6.07) is 3.29. The molecule has 0 radical (unpaired) electrons. The molecule has 0 amide bonds. The number of hydrogen-bond donors (Lipinski definition) is 0. The fourth-order valence-corrected chi connectivity index (χ4v) is 1.87. The molecule has 0 aliphatic heterocycles. The van der Waals surface area contributed by atoms with Crippen molar-refractivity contribution in [3.05, 3.63) is 21.3 Å². The van der Waals surface area contributed by atoms with Gasteiger partial charge in [0.1, 0.15) is 18.8 Å². The first-order chi connectivity index (χ1) is 8.13. The van der Waals surface area contributed by atoms with Crippen LogP contribution in [0.3, 0.4) is 0 Å². The monoisotopic (exact) mass is 354 g/mol. The molecule has 1 aromatic carbocycles. The molecule has 94 valence electrons. The molecule has 0 aromatic heterocycles. The summed E-state index contributed by atoms with van der Waals surface area (Å²) >= 11 is 2.04. The van der Waals surface area contributed by atoms with Gasteiger partial charge in [0.2, 0.25) is 0 Å². The van der Waals surface area contributed by atoms with Gasteiger partial charge in [0, 0.05) is 3.57 Å². The van der Waals surface area contributed by atoms with Gasteiger partial charge in [-0.25, -0.2) is 9.18 Å². The minimum absolute atomic E-state index is 0.138. The van der Waals surface area contributed by atoms with E-state index in [4.69, 9.17) is 9.47 Å². The van der Waals surface area contributed by atoms with Gasteiger partial charge in [0.05, 0.1) is 14.2 Å². The van der Waals surface area contributed by atoms with Gasteiger partial charge in [0.25, 0.3) is 0 Å². The van der Waals surface area contributed by atoms with E-state index in [9.17, 15) is 9.18 Å². The number of ether oxygens (including phenoxy) is 3. The lowest BCUT2D eigenvalue weighted by Gasteiger charge is -2.13. The summed E-state index contributed by atoms with van der Waals surface area (Å²) in [5.74, 6) is 0.0406. The third-order valence-corrected chi connectivity index (χ3v) is 2.59. The number of rotatable bonds is 5. The standard InChI is InChI=1S/C11H12FIO4/c1-15-9-6-7(13)5-8(11(14)16-2)10(9)17-4-3-12/h5-6H,3-4H2,1-2H3. The molecule has 0 heterocycles. The third-order valence-electron chi connectivity index (χ3n) is 1.97. The zero-order valence-electron chi connectivity index (χ0n) is 9.46. The predicted octanol–water partition coefficient (Wildman–Crippen LogP) is 2.43. The summed E-state index contributed by atoms with van der Waals surface area (Å²) in [5.41, 5.74) is 0.227. The lowest BCUT2D eigenvalue weighted by atomic mass is 10.2. The topological polar surface area (TPSA) is 44.8 Å². The lowest BCUT2D eigenvalue weighted by Crippen LogP contribution is -2.09. The van der Waals surface area contributed by atoms with Gasteiger partial charge in [-0.1, -0.05) is 0 Å². The van der Waals surface area contributed by atoms with E-state index in [1.807, 2.05) is 22.6 Å². The molecular weight excluding hydrogens is 342 g/mol. The second-order valence-corrected chi connectivity index (χ2v) is 4.26. The summed E-state index contributed by atoms with van der Waals surface area (Å²) < 4.78 is 27.8. The minimum Gasteiger partial charge on any atom is -0.493 e. The van der Waals surface area contributed by atoms with Crippen molar-refractivity contribution < 1.29 is 23.4 Å². The Kier molecular flexibility index (Phi) is 5.46. The van der Waals surface area contributed by atoms with Gasteiger partial charge < -0.3 is 14.2 Å². The summed E-state index contributed by atoms with van der Waals surface area (Å²) in [5, 5.41) is 0. The van der Waals surface area contributed by atoms with Crippen molar-refractivity contribution in [2.24, 2.45) is 0 Å². The maximum atomic E-state index is 12.1. The van der Waals surface area contributed by atoms with Crippen LogP contribution in [-0.4, -0.2) is 33.5 Å². The van der Waals surface area contributed by atoms with Crippen LogP contribution < -0.4 is 9.47 Å². The van der Waals surface area contributed by atoms with Gasteiger partial charge in [-0.2, -0.15) is 0 Å². The Bertz CT molecular complexity index is 409. The largest absolute Gasteiger partial charge is 0.493 e. The van der Waals surface area contributed by atoms with Crippen LogP contribution in [-0.2, 0) is 4.74 Å². The summed E-state index contributed by atoms with van der Waals surface area (Å²) in [6.07, 6.45) is 0. The third kappa shape index (κ3) is 3.45. The maximum Gasteiger partial charge on any atom is 0.341 e. The van der Waals surface area contributed by atoms with E-state index in [-0.39, 0.29) is 17.9 Å². The molecule has 17 heavy (non-hydrogen) atoms. The van der Waals surface area contributed by atoms with E-state index in [1.54, 1.807) is 12.1 Å². The second-order valence-electron chi connectivity index (χ2n) is 3.01. The van der Waals surface area contributed by atoms with Gasteiger partial charge in [-0.3, -0.25) is 0 Å². The summed E-state index contributed by atoms with van der Waals surface area (Å²) in [4.78, 5) is 11.6. The Hall–Kier alpha value is -1.05. The Balaban J connectivity index is 3.23. The van der Waals surface area contributed by atoms with Crippen molar-refractivity contribution in [2.75, 3.05) is 27.5 Å². The van der Waals surface area contributed by atoms with Gasteiger partial charge in [-0.15, -0.1) is 0 Å². The molecule has 0 atom stereocenters. The van der Waals surface area contributed by atoms with Crippen LogP contribution in [0, 0.1) is 3.57 Å². The SMILES string of the molecule is COC(=O)c1cc(I)cc(OC)c1OCCF. The average Bonchev–Trinajstić information content (AvgIpc) is 2.35. The van der Waals surface area contributed by atoms with Crippen LogP contribution in [0.25, 0.3) is 0 Å². The Labute approximate surface area is 112 Å². The van der Waals surface area contributed by atoms with Crippen LogP contribution in [0.15, 0.2) is 12.1 Å². The zero-order chi connectivity index (χ0) is 12.8. The molecule has 0 N–H and O–H groups in total. The number of benzene rings is 1. The number of carbonyl (C=O) groups is 1. The first kappa shape index (κ1) is 14.0. The maximum absolute atomic E-state index is 12.1. The fraction of sp³-hybridized carbons (Fsp3) is 0.364.